The largest absolute Gasteiger partial charge is 0.492 e. The molecule has 0 saturated heterocycles. The van der Waals surface area contributed by atoms with Gasteiger partial charge in [-0.15, -0.1) is 0 Å². The molecule has 34 heavy (non-hydrogen) atoms. The lowest BCUT2D eigenvalue weighted by atomic mass is 10.1. The molecule has 0 heterocycles. The zero-order valence-corrected chi connectivity index (χ0v) is 19.4. The van der Waals surface area contributed by atoms with Crippen molar-refractivity contribution in [2.75, 3.05) is 32.9 Å². The van der Waals surface area contributed by atoms with Crippen LogP contribution in [0.1, 0.15) is 18.5 Å². The van der Waals surface area contributed by atoms with Crippen LogP contribution in [0, 0.1) is 0 Å². The van der Waals surface area contributed by atoms with E-state index in [0.29, 0.717) is 31.2 Å². The third-order valence-electron chi connectivity index (χ3n) is 4.98. The Morgan fingerprint density at radius 2 is 1.41 bits per heavy atom. The normalized spacial score (nSPS) is 12.4. The summed E-state index contributed by atoms with van der Waals surface area (Å²) in [6.07, 6.45) is -0.607. The lowest BCUT2D eigenvalue weighted by Crippen LogP contribution is -2.33. The second kappa shape index (κ2) is 13.9. The van der Waals surface area contributed by atoms with Gasteiger partial charge in [0, 0.05) is 13.1 Å². The van der Waals surface area contributed by atoms with Gasteiger partial charge in [0.2, 0.25) is 0 Å². The topological polar surface area (TPSA) is 89.1 Å². The smallest absolute Gasteiger partial charge is 0.258 e. The molecule has 0 fully saturated rings. The molecule has 0 saturated carbocycles. The summed E-state index contributed by atoms with van der Waals surface area (Å²) in [5.74, 6) is 1.84. The number of rotatable bonds is 14. The molecule has 1 amide bonds. The van der Waals surface area contributed by atoms with Crippen LogP contribution in [0.2, 0.25) is 0 Å². The van der Waals surface area contributed by atoms with Gasteiger partial charge in [-0.05, 0) is 48.9 Å². The standard InChI is InChI=1S/C27H32N2O5/c1-21(22-8-4-2-5-9-22)29-27(31)20-34-26-14-12-25(13-15-26)32-17-16-28-18-23(30)19-33-24-10-6-3-7-11-24/h2-15,21,23,28,30H,16-20H2,1H3,(H,29,31). The molecule has 0 aliphatic rings. The second-order valence-corrected chi connectivity index (χ2v) is 7.79. The molecule has 3 aromatic carbocycles. The van der Waals surface area contributed by atoms with E-state index in [0.717, 1.165) is 11.3 Å². The van der Waals surface area contributed by atoms with Crippen LogP contribution in [0.15, 0.2) is 84.9 Å². The average molecular weight is 465 g/mol. The molecule has 0 radical (unpaired) electrons. The lowest BCUT2D eigenvalue weighted by molar-refractivity contribution is -0.123. The Bertz CT molecular complexity index is 967. The van der Waals surface area contributed by atoms with Crippen molar-refractivity contribution in [1.29, 1.82) is 0 Å². The van der Waals surface area contributed by atoms with Gasteiger partial charge < -0.3 is 30.0 Å². The van der Waals surface area contributed by atoms with E-state index in [2.05, 4.69) is 10.6 Å². The van der Waals surface area contributed by atoms with E-state index in [9.17, 15) is 9.90 Å². The summed E-state index contributed by atoms with van der Waals surface area (Å²) in [6, 6.07) is 26.2. The summed E-state index contributed by atoms with van der Waals surface area (Å²) < 4.78 is 16.8. The summed E-state index contributed by atoms with van der Waals surface area (Å²) in [6.45, 7) is 3.55. The number of benzene rings is 3. The molecule has 3 rings (SSSR count). The maximum absolute atomic E-state index is 12.1. The van der Waals surface area contributed by atoms with Crippen molar-refractivity contribution in [3.05, 3.63) is 90.5 Å². The van der Waals surface area contributed by atoms with E-state index < -0.39 is 6.10 Å². The average Bonchev–Trinajstić information content (AvgIpc) is 2.88. The Kier molecular flexibility index (Phi) is 10.2. The predicted octanol–water partition coefficient (Wildman–Crippen LogP) is 3.35. The molecule has 3 N–H and O–H groups in total. The second-order valence-electron chi connectivity index (χ2n) is 7.79. The molecule has 2 unspecified atom stereocenters. The van der Waals surface area contributed by atoms with E-state index in [1.165, 1.54) is 0 Å². The Balaban J connectivity index is 1.26. The minimum absolute atomic E-state index is 0.0579. The Hall–Kier alpha value is -3.55. The van der Waals surface area contributed by atoms with Gasteiger partial charge >= 0.3 is 0 Å². The fourth-order valence-corrected chi connectivity index (χ4v) is 3.17. The van der Waals surface area contributed by atoms with Crippen molar-refractivity contribution in [2.45, 2.75) is 19.1 Å². The highest BCUT2D eigenvalue weighted by Crippen LogP contribution is 2.17. The van der Waals surface area contributed by atoms with Gasteiger partial charge in [-0.2, -0.15) is 0 Å². The summed E-state index contributed by atoms with van der Waals surface area (Å²) in [5, 5.41) is 16.0. The van der Waals surface area contributed by atoms with Crippen molar-refractivity contribution >= 4 is 5.91 Å². The van der Waals surface area contributed by atoms with Crippen LogP contribution in [0.4, 0.5) is 0 Å². The first-order valence-electron chi connectivity index (χ1n) is 11.4. The quantitative estimate of drug-likeness (QED) is 0.317. The maximum atomic E-state index is 12.1. The number of carbonyl (C=O) groups excluding carboxylic acids is 1. The first kappa shape index (κ1) is 25.1. The summed E-state index contributed by atoms with van der Waals surface area (Å²) in [4.78, 5) is 12.1. The molecule has 0 bridgehead atoms. The first-order chi connectivity index (χ1) is 16.6. The molecule has 180 valence electrons. The van der Waals surface area contributed by atoms with Gasteiger partial charge in [0.1, 0.15) is 36.6 Å². The number of aliphatic hydroxyl groups is 1. The van der Waals surface area contributed by atoms with Gasteiger partial charge in [-0.1, -0.05) is 48.5 Å². The maximum Gasteiger partial charge on any atom is 0.258 e. The number of ether oxygens (including phenoxy) is 3. The van der Waals surface area contributed by atoms with Crippen LogP contribution in [0.3, 0.4) is 0 Å². The Labute approximate surface area is 200 Å². The summed E-state index contributed by atoms with van der Waals surface area (Å²) in [5.41, 5.74) is 1.04. The SMILES string of the molecule is CC(NC(=O)COc1ccc(OCCNCC(O)COc2ccccc2)cc1)c1ccccc1. The molecular formula is C27H32N2O5. The third kappa shape index (κ3) is 9.13. The summed E-state index contributed by atoms with van der Waals surface area (Å²) in [7, 11) is 0. The van der Waals surface area contributed by atoms with E-state index in [1.807, 2.05) is 67.6 Å². The zero-order valence-electron chi connectivity index (χ0n) is 19.4. The predicted molar refractivity (Wildman–Crippen MR) is 131 cm³/mol. The van der Waals surface area contributed by atoms with Crippen molar-refractivity contribution in [3.63, 3.8) is 0 Å². The van der Waals surface area contributed by atoms with Gasteiger partial charge in [0.05, 0.1) is 6.04 Å². The molecule has 0 aliphatic carbocycles. The zero-order chi connectivity index (χ0) is 24.0. The van der Waals surface area contributed by atoms with Crippen LogP contribution < -0.4 is 24.8 Å². The molecule has 0 spiro atoms. The molecule has 7 heteroatoms. The Morgan fingerprint density at radius 3 is 2.09 bits per heavy atom. The van der Waals surface area contributed by atoms with E-state index in [-0.39, 0.29) is 25.2 Å². The number of amides is 1. The minimum atomic E-state index is -0.607. The number of nitrogens with one attached hydrogen (secondary N) is 2. The van der Waals surface area contributed by atoms with E-state index >= 15 is 0 Å². The molecular weight excluding hydrogens is 432 g/mol. The van der Waals surface area contributed by atoms with Crippen LogP contribution in [-0.4, -0.2) is 50.0 Å². The highest BCUT2D eigenvalue weighted by molar-refractivity contribution is 5.78. The van der Waals surface area contributed by atoms with Crippen LogP contribution in [0.5, 0.6) is 17.2 Å². The first-order valence-corrected chi connectivity index (χ1v) is 11.4. The van der Waals surface area contributed by atoms with Gasteiger partial charge in [0.25, 0.3) is 5.91 Å². The molecule has 2 atom stereocenters. The number of aliphatic hydroxyl groups excluding tert-OH is 1. The number of para-hydroxylation sites is 1. The number of carbonyl (C=O) groups is 1. The van der Waals surface area contributed by atoms with E-state index in [1.54, 1.807) is 24.3 Å². The highest BCUT2D eigenvalue weighted by atomic mass is 16.5. The molecule has 0 aliphatic heterocycles. The minimum Gasteiger partial charge on any atom is -0.492 e. The highest BCUT2D eigenvalue weighted by Gasteiger charge is 2.10. The third-order valence-corrected chi connectivity index (χ3v) is 4.98. The van der Waals surface area contributed by atoms with Crippen molar-refractivity contribution < 1.29 is 24.1 Å². The van der Waals surface area contributed by atoms with Crippen molar-refractivity contribution in [2.24, 2.45) is 0 Å². The summed E-state index contributed by atoms with van der Waals surface area (Å²) >= 11 is 0. The van der Waals surface area contributed by atoms with Crippen LogP contribution in [0.25, 0.3) is 0 Å². The monoisotopic (exact) mass is 464 g/mol. The van der Waals surface area contributed by atoms with Crippen molar-refractivity contribution in [1.82, 2.24) is 10.6 Å². The van der Waals surface area contributed by atoms with Crippen LogP contribution >= 0.6 is 0 Å². The van der Waals surface area contributed by atoms with Crippen molar-refractivity contribution in [3.8, 4) is 17.2 Å². The fraction of sp³-hybridized carbons (Fsp3) is 0.296. The molecule has 7 nitrogen and oxygen atoms in total. The lowest BCUT2D eigenvalue weighted by Gasteiger charge is -2.15. The molecule has 0 aromatic heterocycles. The van der Waals surface area contributed by atoms with Crippen LogP contribution in [-0.2, 0) is 4.79 Å². The van der Waals surface area contributed by atoms with Gasteiger partial charge in [-0.25, -0.2) is 0 Å². The number of hydrogen-bond acceptors (Lipinski definition) is 6. The van der Waals surface area contributed by atoms with E-state index in [4.69, 9.17) is 14.2 Å². The fourth-order valence-electron chi connectivity index (χ4n) is 3.17. The number of hydrogen-bond donors (Lipinski definition) is 3. The van der Waals surface area contributed by atoms with Gasteiger partial charge in [0.15, 0.2) is 6.61 Å². The van der Waals surface area contributed by atoms with Gasteiger partial charge in [-0.3, -0.25) is 4.79 Å². The Morgan fingerprint density at radius 1 is 0.824 bits per heavy atom. The molecule has 3 aromatic rings.